The summed E-state index contributed by atoms with van der Waals surface area (Å²) in [6.07, 6.45) is 10.2. The Labute approximate surface area is 174 Å². The molecule has 0 saturated heterocycles. The highest BCUT2D eigenvalue weighted by Crippen LogP contribution is 2.26. The molecule has 0 radical (unpaired) electrons. The minimum atomic E-state index is 0.826. The van der Waals surface area contributed by atoms with Crippen LogP contribution < -0.4 is 9.06 Å². The monoisotopic (exact) mass is 430 g/mol. The number of fused-ring (bicyclic) bond motifs is 3. The van der Waals surface area contributed by atoms with Crippen LogP contribution in [0.2, 0.25) is 0 Å². The van der Waals surface area contributed by atoms with Crippen molar-refractivity contribution in [3.63, 3.8) is 0 Å². The fraction of sp³-hybridized carbons (Fsp3) is 0. The Hall–Kier alpha value is -3.14. The maximum Gasteiger partial charge on any atom is 0.109 e. The van der Waals surface area contributed by atoms with Gasteiger partial charge in [0, 0.05) is 46.2 Å². The number of hydrogen-bond acceptors (Lipinski definition) is 9. The molecule has 0 aliphatic carbocycles. The molecule has 29 heavy (non-hydrogen) atoms. The standard InChI is InChI=1S/C20H10N6S3/c1-9-11-13(23-5-3-21-11)17(27-9)19-15-16(26-8-7-25-15)20(29-19)18-14-12(10(2)28-18)22-4-6-24-14/h3-8H,1-2H2/b19-17-,20-18-. The number of aromatic nitrogens is 6. The van der Waals surface area contributed by atoms with Gasteiger partial charge in [-0.2, -0.15) is 0 Å². The molecule has 0 spiro atoms. The van der Waals surface area contributed by atoms with Crippen LogP contribution in [0.3, 0.4) is 0 Å². The van der Waals surface area contributed by atoms with Crippen LogP contribution in [0.5, 0.6) is 0 Å². The Bertz CT molecular complexity index is 1730. The fourth-order valence-corrected chi connectivity index (χ4v) is 6.77. The van der Waals surface area contributed by atoms with Gasteiger partial charge in [0.05, 0.1) is 18.1 Å². The second-order valence-corrected chi connectivity index (χ2v) is 9.46. The molecule has 6 heterocycles. The zero-order valence-electron chi connectivity index (χ0n) is 14.8. The number of thiophene rings is 3. The second kappa shape index (κ2) is 6.18. The molecule has 0 aromatic carbocycles. The van der Waals surface area contributed by atoms with Gasteiger partial charge in [-0.25, -0.2) is 0 Å². The van der Waals surface area contributed by atoms with E-state index in [1.807, 2.05) is 0 Å². The second-order valence-electron chi connectivity index (χ2n) is 6.23. The lowest BCUT2D eigenvalue weighted by atomic mass is 10.3. The SMILES string of the molecule is C=c1s/c(=c2\s/c(=c3\sc(=C)c4nccnc34)c3nccnc23)c2nccnc12. The summed E-state index contributed by atoms with van der Waals surface area (Å²) in [5, 5.41) is 0. The van der Waals surface area contributed by atoms with Crippen molar-refractivity contribution in [1.82, 2.24) is 29.9 Å². The highest BCUT2D eigenvalue weighted by molar-refractivity contribution is 7.14. The Morgan fingerprint density at radius 3 is 1.07 bits per heavy atom. The van der Waals surface area contributed by atoms with Crippen molar-refractivity contribution in [3.8, 4) is 0 Å². The van der Waals surface area contributed by atoms with Gasteiger partial charge >= 0.3 is 0 Å². The van der Waals surface area contributed by atoms with E-state index in [1.165, 1.54) is 0 Å². The Balaban J connectivity index is 2.00. The smallest absolute Gasteiger partial charge is 0.109 e. The largest absolute Gasteiger partial charge is 0.251 e. The lowest BCUT2D eigenvalue weighted by Gasteiger charge is -1.88. The molecule has 0 amide bonds. The van der Waals surface area contributed by atoms with E-state index < -0.39 is 0 Å². The van der Waals surface area contributed by atoms with Gasteiger partial charge in [0.15, 0.2) is 0 Å². The molecule has 9 heteroatoms. The normalized spacial score (nSPS) is 14.2. The first kappa shape index (κ1) is 16.8. The minimum Gasteiger partial charge on any atom is -0.251 e. The molecular weight excluding hydrogens is 420 g/mol. The van der Waals surface area contributed by atoms with E-state index in [0.29, 0.717) is 0 Å². The van der Waals surface area contributed by atoms with Crippen molar-refractivity contribution in [2.75, 3.05) is 0 Å². The van der Waals surface area contributed by atoms with Gasteiger partial charge in [-0.1, -0.05) is 13.2 Å². The van der Waals surface area contributed by atoms with Crippen molar-refractivity contribution in [1.29, 1.82) is 0 Å². The molecule has 6 aromatic heterocycles. The van der Waals surface area contributed by atoms with Crippen molar-refractivity contribution >= 4 is 80.3 Å². The molecule has 0 aliphatic heterocycles. The third-order valence-electron chi connectivity index (χ3n) is 4.55. The van der Waals surface area contributed by atoms with Crippen molar-refractivity contribution < 1.29 is 0 Å². The summed E-state index contributed by atoms with van der Waals surface area (Å²) in [7, 11) is 0. The molecule has 0 atom stereocenters. The van der Waals surface area contributed by atoms with Crippen LogP contribution >= 0.6 is 34.0 Å². The van der Waals surface area contributed by atoms with E-state index in [2.05, 4.69) is 43.1 Å². The Morgan fingerprint density at radius 2 is 0.690 bits per heavy atom. The average molecular weight is 431 g/mol. The first-order valence-electron chi connectivity index (χ1n) is 8.57. The zero-order valence-corrected chi connectivity index (χ0v) is 17.2. The first-order valence-corrected chi connectivity index (χ1v) is 11.0. The molecular formula is C20H10N6S3. The van der Waals surface area contributed by atoms with E-state index in [-0.39, 0.29) is 0 Å². The van der Waals surface area contributed by atoms with E-state index in [0.717, 1.165) is 60.3 Å². The molecule has 0 saturated carbocycles. The van der Waals surface area contributed by atoms with E-state index in [9.17, 15) is 0 Å². The highest BCUT2D eigenvalue weighted by Gasteiger charge is 2.12. The van der Waals surface area contributed by atoms with Crippen LogP contribution in [0.1, 0.15) is 0 Å². The lowest BCUT2D eigenvalue weighted by Crippen LogP contribution is -1.90. The molecule has 138 valence electrons. The van der Waals surface area contributed by atoms with Crippen LogP contribution in [0, 0.1) is 18.1 Å². The Morgan fingerprint density at radius 1 is 0.414 bits per heavy atom. The van der Waals surface area contributed by atoms with Gasteiger partial charge in [0.25, 0.3) is 0 Å². The molecule has 6 aromatic rings. The summed E-state index contributed by atoms with van der Waals surface area (Å²) in [6.45, 7) is 8.29. The average Bonchev–Trinajstić information content (AvgIpc) is 3.41. The topological polar surface area (TPSA) is 77.3 Å². The third-order valence-corrected chi connectivity index (χ3v) is 8.09. The van der Waals surface area contributed by atoms with Gasteiger partial charge in [0.1, 0.15) is 33.1 Å². The van der Waals surface area contributed by atoms with E-state index in [4.69, 9.17) is 0 Å². The van der Waals surface area contributed by atoms with Gasteiger partial charge < -0.3 is 0 Å². The van der Waals surface area contributed by atoms with Crippen LogP contribution in [0.25, 0.3) is 46.3 Å². The van der Waals surface area contributed by atoms with Crippen LogP contribution in [0.15, 0.2) is 37.2 Å². The summed E-state index contributed by atoms with van der Waals surface area (Å²) < 4.78 is 5.85. The predicted octanol–water partition coefficient (Wildman–Crippen LogP) is 3.10. The summed E-state index contributed by atoms with van der Waals surface area (Å²) in [4.78, 5) is 27.3. The van der Waals surface area contributed by atoms with Gasteiger partial charge in [-0.15, -0.1) is 34.0 Å². The van der Waals surface area contributed by atoms with Crippen molar-refractivity contribution in [2.45, 2.75) is 0 Å². The molecule has 6 nitrogen and oxygen atoms in total. The molecule has 0 bridgehead atoms. The van der Waals surface area contributed by atoms with Crippen molar-refractivity contribution in [2.24, 2.45) is 0 Å². The van der Waals surface area contributed by atoms with Gasteiger partial charge in [0.2, 0.25) is 0 Å². The molecule has 0 aliphatic rings. The third kappa shape index (κ3) is 2.38. The predicted molar refractivity (Wildman–Crippen MR) is 118 cm³/mol. The van der Waals surface area contributed by atoms with Crippen molar-refractivity contribution in [3.05, 3.63) is 64.4 Å². The van der Waals surface area contributed by atoms with Crippen LogP contribution in [-0.4, -0.2) is 29.9 Å². The van der Waals surface area contributed by atoms with Crippen LogP contribution in [0.4, 0.5) is 0 Å². The van der Waals surface area contributed by atoms with E-state index >= 15 is 0 Å². The lowest BCUT2D eigenvalue weighted by molar-refractivity contribution is 1.29. The summed E-state index contributed by atoms with van der Waals surface area (Å²) in [5.41, 5.74) is 5.03. The highest BCUT2D eigenvalue weighted by atomic mass is 32.1. The molecule has 0 N–H and O–H groups in total. The maximum absolute atomic E-state index is 4.65. The fourth-order valence-electron chi connectivity index (χ4n) is 3.34. The number of hydrogen-bond donors (Lipinski definition) is 0. The van der Waals surface area contributed by atoms with E-state index in [1.54, 1.807) is 71.2 Å². The molecule has 0 unspecified atom stereocenters. The minimum absolute atomic E-state index is 0.826. The quantitative estimate of drug-likeness (QED) is 0.369. The number of rotatable bonds is 0. The first-order chi connectivity index (χ1) is 14.2. The summed E-state index contributed by atoms with van der Waals surface area (Å²) in [5.74, 6) is 0. The molecule has 0 fully saturated rings. The summed E-state index contributed by atoms with van der Waals surface area (Å²) >= 11 is 4.81. The van der Waals surface area contributed by atoms with Gasteiger partial charge in [-0.3, -0.25) is 29.9 Å². The zero-order chi connectivity index (χ0) is 19.5. The Kier molecular flexibility index (Phi) is 3.58. The number of nitrogens with zero attached hydrogens (tertiary/aromatic N) is 6. The van der Waals surface area contributed by atoms with Gasteiger partial charge in [-0.05, 0) is 0 Å². The maximum atomic E-state index is 4.65. The van der Waals surface area contributed by atoms with Crippen LogP contribution in [-0.2, 0) is 0 Å². The molecule has 6 rings (SSSR count). The summed E-state index contributed by atoms with van der Waals surface area (Å²) in [6, 6.07) is 0.